The smallest absolute Gasteiger partial charge is 0.151 e. The van der Waals surface area contributed by atoms with E-state index >= 15 is 0 Å². The van der Waals surface area contributed by atoms with Crippen molar-refractivity contribution in [2.45, 2.75) is 26.3 Å². The summed E-state index contributed by atoms with van der Waals surface area (Å²) in [5.74, 6) is 0.705. The number of hydrogen-bond acceptors (Lipinski definition) is 4. The van der Waals surface area contributed by atoms with Crippen molar-refractivity contribution in [1.82, 2.24) is 4.90 Å². The molecule has 0 amide bonds. The lowest BCUT2D eigenvalue weighted by Crippen LogP contribution is -2.41. The van der Waals surface area contributed by atoms with Crippen LogP contribution in [0.4, 0.5) is 0 Å². The molecule has 5 nitrogen and oxygen atoms in total. The second-order valence-electron chi connectivity index (χ2n) is 4.50. The summed E-state index contributed by atoms with van der Waals surface area (Å²) in [5.41, 5.74) is 5.43. The van der Waals surface area contributed by atoms with Gasteiger partial charge in [-0.15, -0.1) is 0 Å². The summed E-state index contributed by atoms with van der Waals surface area (Å²) in [6, 6.07) is 0.108. The maximum absolute atomic E-state index is 11.4. The fourth-order valence-electron chi connectivity index (χ4n) is 2.05. The minimum absolute atomic E-state index is 0.0109. The lowest BCUT2D eigenvalue weighted by Gasteiger charge is -2.28. The molecule has 94 valence electrons. The van der Waals surface area contributed by atoms with Gasteiger partial charge < -0.3 is 5.73 Å². The number of rotatable bonds is 5. The van der Waals surface area contributed by atoms with Gasteiger partial charge in [0.05, 0.1) is 17.3 Å². The van der Waals surface area contributed by atoms with Crippen molar-refractivity contribution in [2.24, 2.45) is 11.7 Å². The zero-order valence-corrected chi connectivity index (χ0v) is 10.8. The molecule has 1 aliphatic heterocycles. The van der Waals surface area contributed by atoms with E-state index in [9.17, 15) is 8.42 Å². The van der Waals surface area contributed by atoms with E-state index in [1.54, 1.807) is 0 Å². The first-order valence-corrected chi connectivity index (χ1v) is 7.46. The molecule has 0 radical (unpaired) electrons. The molecule has 2 unspecified atom stereocenters. The Morgan fingerprint density at radius 2 is 2.25 bits per heavy atom. The highest BCUT2D eigenvalue weighted by Gasteiger charge is 2.32. The van der Waals surface area contributed by atoms with Crippen molar-refractivity contribution in [1.29, 1.82) is 5.41 Å². The first-order valence-electron chi connectivity index (χ1n) is 5.64. The summed E-state index contributed by atoms with van der Waals surface area (Å²) < 4.78 is 22.8. The molecule has 16 heavy (non-hydrogen) atoms. The number of sulfone groups is 1. The SMILES string of the molecule is CCN(CC(C)C(=N)N)C1CCS(=O)(=O)C1. The summed E-state index contributed by atoms with van der Waals surface area (Å²) in [6.07, 6.45) is 0.709. The van der Waals surface area contributed by atoms with Crippen LogP contribution in [0.15, 0.2) is 0 Å². The van der Waals surface area contributed by atoms with Gasteiger partial charge in [0.15, 0.2) is 9.84 Å². The number of nitrogens with one attached hydrogen (secondary N) is 1. The van der Waals surface area contributed by atoms with Crippen molar-refractivity contribution < 1.29 is 8.42 Å². The molecule has 2 atom stereocenters. The molecule has 0 aromatic heterocycles. The third kappa shape index (κ3) is 3.45. The van der Waals surface area contributed by atoms with Crippen LogP contribution in [-0.4, -0.2) is 49.8 Å². The molecule has 0 aliphatic carbocycles. The van der Waals surface area contributed by atoms with Gasteiger partial charge in [-0.05, 0) is 13.0 Å². The number of nitrogens with zero attached hydrogens (tertiary/aromatic N) is 1. The van der Waals surface area contributed by atoms with Crippen molar-refractivity contribution in [3.8, 4) is 0 Å². The van der Waals surface area contributed by atoms with Gasteiger partial charge in [0.25, 0.3) is 0 Å². The number of amidine groups is 1. The maximum atomic E-state index is 11.4. The van der Waals surface area contributed by atoms with Crippen LogP contribution in [0.1, 0.15) is 20.3 Å². The van der Waals surface area contributed by atoms with Crippen LogP contribution in [0, 0.1) is 11.3 Å². The van der Waals surface area contributed by atoms with Crippen LogP contribution >= 0.6 is 0 Å². The van der Waals surface area contributed by atoms with E-state index in [0.717, 1.165) is 6.54 Å². The predicted molar refractivity (Wildman–Crippen MR) is 65.4 cm³/mol. The topological polar surface area (TPSA) is 87.2 Å². The Balaban J connectivity index is 2.59. The van der Waals surface area contributed by atoms with Gasteiger partial charge >= 0.3 is 0 Å². The second-order valence-corrected chi connectivity index (χ2v) is 6.73. The summed E-state index contributed by atoms with van der Waals surface area (Å²) in [7, 11) is -2.83. The summed E-state index contributed by atoms with van der Waals surface area (Å²) in [5, 5.41) is 7.35. The average Bonchev–Trinajstić information content (AvgIpc) is 2.54. The van der Waals surface area contributed by atoms with Crippen molar-refractivity contribution in [2.75, 3.05) is 24.6 Å². The second kappa shape index (κ2) is 5.14. The van der Waals surface area contributed by atoms with Gasteiger partial charge in [0.2, 0.25) is 0 Å². The van der Waals surface area contributed by atoms with E-state index < -0.39 is 9.84 Å². The quantitative estimate of drug-likeness (QED) is 0.531. The van der Waals surface area contributed by atoms with E-state index in [-0.39, 0.29) is 23.5 Å². The fourth-order valence-corrected chi connectivity index (χ4v) is 3.81. The van der Waals surface area contributed by atoms with E-state index in [2.05, 4.69) is 4.90 Å². The molecule has 6 heteroatoms. The molecule has 1 rings (SSSR count). The molecule has 0 spiro atoms. The third-order valence-corrected chi connectivity index (χ3v) is 4.92. The van der Waals surface area contributed by atoms with Crippen LogP contribution in [0.5, 0.6) is 0 Å². The molecule has 0 bridgehead atoms. The Hall–Kier alpha value is -0.620. The lowest BCUT2D eigenvalue weighted by molar-refractivity contribution is 0.210. The molecular formula is C10H21N3O2S. The summed E-state index contributed by atoms with van der Waals surface area (Å²) >= 11 is 0. The van der Waals surface area contributed by atoms with Crippen LogP contribution in [-0.2, 0) is 9.84 Å². The van der Waals surface area contributed by atoms with Crippen molar-refractivity contribution in [3.05, 3.63) is 0 Å². The fraction of sp³-hybridized carbons (Fsp3) is 0.900. The van der Waals surface area contributed by atoms with Crippen LogP contribution in [0.3, 0.4) is 0 Å². The normalized spacial score (nSPS) is 25.8. The molecule has 1 fully saturated rings. The van der Waals surface area contributed by atoms with Gasteiger partial charge in [0, 0.05) is 18.5 Å². The Bertz CT molecular complexity index is 353. The molecule has 1 heterocycles. The number of nitrogens with two attached hydrogens (primary N) is 1. The van der Waals surface area contributed by atoms with Gasteiger partial charge in [-0.3, -0.25) is 10.3 Å². The number of hydrogen-bond donors (Lipinski definition) is 2. The lowest BCUT2D eigenvalue weighted by atomic mass is 10.1. The molecule has 1 saturated heterocycles. The summed E-state index contributed by atoms with van der Waals surface area (Å²) in [6.45, 7) is 5.38. The monoisotopic (exact) mass is 247 g/mol. The maximum Gasteiger partial charge on any atom is 0.151 e. The van der Waals surface area contributed by atoms with Gasteiger partial charge in [-0.25, -0.2) is 8.42 Å². The zero-order valence-electron chi connectivity index (χ0n) is 9.94. The van der Waals surface area contributed by atoms with E-state index in [1.165, 1.54) is 0 Å². The van der Waals surface area contributed by atoms with Gasteiger partial charge in [-0.2, -0.15) is 0 Å². The minimum atomic E-state index is -2.83. The molecule has 0 aromatic rings. The predicted octanol–water partition coefficient (Wildman–Crippen LogP) is 0.0675. The highest BCUT2D eigenvalue weighted by atomic mass is 32.2. The Morgan fingerprint density at radius 3 is 2.62 bits per heavy atom. The van der Waals surface area contributed by atoms with Crippen molar-refractivity contribution >= 4 is 15.7 Å². The van der Waals surface area contributed by atoms with Crippen LogP contribution < -0.4 is 5.73 Å². The standard InChI is InChI=1S/C10H21N3O2S/c1-3-13(6-8(2)10(11)12)9-4-5-16(14,15)7-9/h8-9H,3-7H2,1-2H3,(H3,11,12). The first-order chi connectivity index (χ1) is 7.35. The largest absolute Gasteiger partial charge is 0.387 e. The molecule has 0 saturated carbocycles. The Morgan fingerprint density at radius 1 is 1.62 bits per heavy atom. The van der Waals surface area contributed by atoms with E-state index in [1.807, 2.05) is 13.8 Å². The molecule has 0 aromatic carbocycles. The minimum Gasteiger partial charge on any atom is -0.387 e. The van der Waals surface area contributed by atoms with Crippen LogP contribution in [0.2, 0.25) is 0 Å². The first kappa shape index (κ1) is 13.4. The Kier molecular flexibility index (Phi) is 4.32. The molecule has 1 aliphatic rings. The third-order valence-electron chi connectivity index (χ3n) is 3.17. The van der Waals surface area contributed by atoms with Crippen molar-refractivity contribution in [3.63, 3.8) is 0 Å². The van der Waals surface area contributed by atoms with E-state index in [4.69, 9.17) is 11.1 Å². The highest BCUT2D eigenvalue weighted by Crippen LogP contribution is 2.18. The summed E-state index contributed by atoms with van der Waals surface area (Å²) in [4.78, 5) is 2.12. The van der Waals surface area contributed by atoms with Gasteiger partial charge in [-0.1, -0.05) is 13.8 Å². The van der Waals surface area contributed by atoms with E-state index in [0.29, 0.717) is 18.7 Å². The molecule has 3 N–H and O–H groups in total. The zero-order chi connectivity index (χ0) is 12.3. The Labute approximate surface area is 97.4 Å². The average molecular weight is 247 g/mol. The highest BCUT2D eigenvalue weighted by molar-refractivity contribution is 7.91. The van der Waals surface area contributed by atoms with Crippen LogP contribution in [0.25, 0.3) is 0 Å². The molecular weight excluding hydrogens is 226 g/mol. The van der Waals surface area contributed by atoms with Gasteiger partial charge in [0.1, 0.15) is 0 Å².